The molecule has 0 saturated carbocycles. The summed E-state index contributed by atoms with van der Waals surface area (Å²) in [5.41, 5.74) is 1.25. The highest BCUT2D eigenvalue weighted by molar-refractivity contribution is 6.00. The highest BCUT2D eigenvalue weighted by atomic mass is 19.1. The minimum absolute atomic E-state index is 0.106. The first-order valence-corrected chi connectivity index (χ1v) is 9.33. The number of anilines is 1. The van der Waals surface area contributed by atoms with E-state index >= 15 is 0 Å². The molecule has 7 heteroatoms. The maximum atomic E-state index is 13.6. The van der Waals surface area contributed by atoms with Gasteiger partial charge in [0, 0.05) is 31.3 Å². The average molecular weight is 384 g/mol. The molecule has 4 rings (SSSR count). The molecule has 0 bridgehead atoms. The number of halogens is 1. The van der Waals surface area contributed by atoms with E-state index in [1.165, 1.54) is 6.07 Å². The predicted octanol–water partition coefficient (Wildman–Crippen LogP) is 2.31. The molecule has 0 radical (unpaired) electrons. The average Bonchev–Trinajstić information content (AvgIpc) is 3.11. The molecule has 0 spiro atoms. The van der Waals surface area contributed by atoms with Crippen LogP contribution in [0.3, 0.4) is 0 Å². The number of fused-ring (bicyclic) bond motifs is 1. The molecule has 0 aromatic heterocycles. The van der Waals surface area contributed by atoms with E-state index in [4.69, 9.17) is 9.47 Å². The van der Waals surface area contributed by atoms with E-state index in [1.54, 1.807) is 41.3 Å². The molecule has 2 heterocycles. The van der Waals surface area contributed by atoms with E-state index < -0.39 is 5.92 Å². The van der Waals surface area contributed by atoms with Crippen LogP contribution in [0.4, 0.5) is 10.1 Å². The molecule has 2 aliphatic rings. The SMILES string of the molecule is O=C(NCCc1ccccc1F)[C@H]1CC(=O)N(c2ccc3c(c2)OCCO3)C1. The van der Waals surface area contributed by atoms with Gasteiger partial charge in [0.05, 0.1) is 5.92 Å². The van der Waals surface area contributed by atoms with Crippen molar-refractivity contribution in [2.75, 3.05) is 31.2 Å². The zero-order chi connectivity index (χ0) is 19.5. The molecule has 28 heavy (non-hydrogen) atoms. The first-order chi connectivity index (χ1) is 13.6. The Morgan fingerprint density at radius 2 is 1.93 bits per heavy atom. The molecule has 2 aromatic rings. The van der Waals surface area contributed by atoms with Gasteiger partial charge in [-0.3, -0.25) is 9.59 Å². The minimum Gasteiger partial charge on any atom is -0.486 e. The molecule has 2 amide bonds. The van der Waals surface area contributed by atoms with Crippen LogP contribution in [0.25, 0.3) is 0 Å². The van der Waals surface area contributed by atoms with Crippen LogP contribution in [-0.4, -0.2) is 38.1 Å². The van der Waals surface area contributed by atoms with Gasteiger partial charge < -0.3 is 19.7 Å². The van der Waals surface area contributed by atoms with Gasteiger partial charge in [-0.2, -0.15) is 0 Å². The minimum atomic E-state index is -0.429. The van der Waals surface area contributed by atoms with Crippen molar-refractivity contribution in [3.63, 3.8) is 0 Å². The van der Waals surface area contributed by atoms with Crippen LogP contribution < -0.4 is 19.7 Å². The summed E-state index contributed by atoms with van der Waals surface area (Å²) in [6.45, 7) is 1.61. The van der Waals surface area contributed by atoms with E-state index in [9.17, 15) is 14.0 Å². The third kappa shape index (κ3) is 3.78. The Kier molecular flexibility index (Phi) is 5.14. The normalized spacial score (nSPS) is 18.2. The highest BCUT2D eigenvalue weighted by Gasteiger charge is 2.35. The lowest BCUT2D eigenvalue weighted by Gasteiger charge is -2.22. The molecular formula is C21H21FN2O4. The Bertz CT molecular complexity index is 902. The number of rotatable bonds is 5. The summed E-state index contributed by atoms with van der Waals surface area (Å²) in [6, 6.07) is 11.8. The summed E-state index contributed by atoms with van der Waals surface area (Å²) >= 11 is 0. The lowest BCUT2D eigenvalue weighted by atomic mass is 10.1. The third-order valence-corrected chi connectivity index (χ3v) is 4.98. The number of carbonyl (C=O) groups is 2. The number of hydrogen-bond donors (Lipinski definition) is 1. The standard InChI is InChI=1S/C21H21FN2O4/c22-17-4-2-1-3-14(17)7-8-23-21(26)15-11-20(25)24(13-15)16-5-6-18-19(12-16)28-10-9-27-18/h1-6,12,15H,7-11,13H2,(H,23,26)/t15-/m0/s1. The van der Waals surface area contributed by atoms with Crippen molar-refractivity contribution >= 4 is 17.5 Å². The van der Waals surface area contributed by atoms with Crippen molar-refractivity contribution in [2.24, 2.45) is 5.92 Å². The van der Waals surface area contributed by atoms with Crippen LogP contribution in [0.2, 0.25) is 0 Å². The van der Waals surface area contributed by atoms with Crippen LogP contribution in [0.1, 0.15) is 12.0 Å². The van der Waals surface area contributed by atoms with Crippen molar-refractivity contribution in [2.45, 2.75) is 12.8 Å². The summed E-state index contributed by atoms with van der Waals surface area (Å²) in [5.74, 6) is 0.257. The van der Waals surface area contributed by atoms with Gasteiger partial charge in [-0.15, -0.1) is 0 Å². The van der Waals surface area contributed by atoms with Gasteiger partial charge in [0.1, 0.15) is 19.0 Å². The molecule has 6 nitrogen and oxygen atoms in total. The van der Waals surface area contributed by atoms with E-state index in [-0.39, 0.29) is 24.1 Å². The molecule has 1 N–H and O–H groups in total. The zero-order valence-corrected chi connectivity index (χ0v) is 15.3. The smallest absolute Gasteiger partial charge is 0.227 e. The lowest BCUT2D eigenvalue weighted by Crippen LogP contribution is -2.34. The number of benzene rings is 2. The number of nitrogens with one attached hydrogen (secondary N) is 1. The molecule has 1 fully saturated rings. The molecule has 0 aliphatic carbocycles. The van der Waals surface area contributed by atoms with E-state index in [0.29, 0.717) is 55.5 Å². The number of hydrogen-bond acceptors (Lipinski definition) is 4. The van der Waals surface area contributed by atoms with Crippen LogP contribution in [0.15, 0.2) is 42.5 Å². The largest absolute Gasteiger partial charge is 0.486 e. The number of carbonyl (C=O) groups excluding carboxylic acids is 2. The Balaban J connectivity index is 1.35. The maximum Gasteiger partial charge on any atom is 0.227 e. The zero-order valence-electron chi connectivity index (χ0n) is 15.3. The van der Waals surface area contributed by atoms with Gasteiger partial charge in [-0.05, 0) is 30.2 Å². The van der Waals surface area contributed by atoms with Crippen molar-refractivity contribution in [3.8, 4) is 11.5 Å². The molecule has 1 saturated heterocycles. The number of nitrogens with zero attached hydrogens (tertiary/aromatic N) is 1. The molecule has 146 valence electrons. The van der Waals surface area contributed by atoms with Crippen LogP contribution >= 0.6 is 0 Å². The van der Waals surface area contributed by atoms with Crippen LogP contribution in [0, 0.1) is 11.7 Å². The van der Waals surface area contributed by atoms with Crippen LogP contribution in [-0.2, 0) is 16.0 Å². The molecular weight excluding hydrogens is 363 g/mol. The molecule has 1 atom stereocenters. The number of amides is 2. The second-order valence-electron chi connectivity index (χ2n) is 6.87. The maximum absolute atomic E-state index is 13.6. The topological polar surface area (TPSA) is 67.9 Å². The fraction of sp³-hybridized carbons (Fsp3) is 0.333. The Hall–Kier alpha value is -3.09. The summed E-state index contributed by atoms with van der Waals surface area (Å²) in [4.78, 5) is 26.5. The fourth-order valence-electron chi connectivity index (χ4n) is 3.50. The van der Waals surface area contributed by atoms with Crippen molar-refractivity contribution in [1.29, 1.82) is 0 Å². The van der Waals surface area contributed by atoms with Crippen molar-refractivity contribution < 1.29 is 23.5 Å². The first-order valence-electron chi connectivity index (χ1n) is 9.33. The van der Waals surface area contributed by atoms with E-state index in [1.807, 2.05) is 0 Å². The summed E-state index contributed by atoms with van der Waals surface area (Å²) in [7, 11) is 0. The lowest BCUT2D eigenvalue weighted by molar-refractivity contribution is -0.126. The quantitative estimate of drug-likeness (QED) is 0.859. The number of ether oxygens (including phenoxy) is 2. The van der Waals surface area contributed by atoms with Gasteiger partial charge in [0.15, 0.2) is 11.5 Å². The van der Waals surface area contributed by atoms with Crippen LogP contribution in [0.5, 0.6) is 11.5 Å². The molecule has 2 aliphatic heterocycles. The Morgan fingerprint density at radius 1 is 1.14 bits per heavy atom. The van der Waals surface area contributed by atoms with Gasteiger partial charge in [0.2, 0.25) is 11.8 Å². The van der Waals surface area contributed by atoms with E-state index in [2.05, 4.69) is 5.32 Å². The van der Waals surface area contributed by atoms with Gasteiger partial charge in [-0.1, -0.05) is 18.2 Å². The Morgan fingerprint density at radius 3 is 2.75 bits per heavy atom. The summed E-state index contributed by atoms with van der Waals surface area (Å²) in [5, 5.41) is 2.81. The fourth-order valence-corrected chi connectivity index (χ4v) is 3.50. The van der Waals surface area contributed by atoms with Gasteiger partial charge in [-0.25, -0.2) is 4.39 Å². The predicted molar refractivity (Wildman–Crippen MR) is 101 cm³/mol. The second kappa shape index (κ2) is 7.88. The second-order valence-corrected chi connectivity index (χ2v) is 6.87. The molecule has 0 unspecified atom stereocenters. The summed E-state index contributed by atoms with van der Waals surface area (Å²) < 4.78 is 24.7. The van der Waals surface area contributed by atoms with Crippen molar-refractivity contribution in [1.82, 2.24) is 5.32 Å². The van der Waals surface area contributed by atoms with Gasteiger partial charge >= 0.3 is 0 Å². The van der Waals surface area contributed by atoms with Crippen molar-refractivity contribution in [3.05, 3.63) is 53.8 Å². The first kappa shape index (κ1) is 18.3. The molecule has 2 aromatic carbocycles. The highest BCUT2D eigenvalue weighted by Crippen LogP contribution is 2.35. The van der Waals surface area contributed by atoms with E-state index in [0.717, 1.165) is 0 Å². The summed E-state index contributed by atoms with van der Waals surface area (Å²) in [6.07, 6.45) is 0.560. The third-order valence-electron chi connectivity index (χ3n) is 4.98. The monoisotopic (exact) mass is 384 g/mol. The van der Waals surface area contributed by atoms with Gasteiger partial charge in [0.25, 0.3) is 0 Å². The Labute approximate surface area is 162 Å².